The lowest BCUT2D eigenvalue weighted by atomic mass is 10.1. The number of para-hydroxylation sites is 3. The van der Waals surface area contributed by atoms with Gasteiger partial charge in [-0.15, -0.1) is 0 Å². The van der Waals surface area contributed by atoms with E-state index in [1.165, 1.54) is 5.56 Å². The van der Waals surface area contributed by atoms with E-state index in [1.54, 1.807) is 0 Å². The van der Waals surface area contributed by atoms with Gasteiger partial charge in [0.15, 0.2) is 0 Å². The second-order valence-electron chi connectivity index (χ2n) is 5.45. The number of hydrogen-bond donors (Lipinski definition) is 2. The van der Waals surface area contributed by atoms with Crippen molar-refractivity contribution in [3.8, 4) is 0 Å². The van der Waals surface area contributed by atoms with Crippen molar-refractivity contribution in [3.63, 3.8) is 0 Å². The maximum atomic E-state index is 4.74. The fourth-order valence-corrected chi connectivity index (χ4v) is 2.71. The van der Waals surface area contributed by atoms with Crippen molar-refractivity contribution in [2.45, 2.75) is 19.8 Å². The Hall–Kier alpha value is -2.62. The average Bonchev–Trinajstić information content (AvgIpc) is 3.11. The Bertz CT molecular complexity index is 899. The molecular formula is C17H16N4. The van der Waals surface area contributed by atoms with E-state index >= 15 is 0 Å². The van der Waals surface area contributed by atoms with Gasteiger partial charge in [-0.2, -0.15) is 0 Å². The number of imidazole rings is 2. The Labute approximate surface area is 122 Å². The van der Waals surface area contributed by atoms with Crippen molar-refractivity contribution in [2.24, 2.45) is 0 Å². The lowest BCUT2D eigenvalue weighted by Gasteiger charge is -2.03. The van der Waals surface area contributed by atoms with Gasteiger partial charge in [-0.25, -0.2) is 9.97 Å². The number of rotatable bonds is 2. The lowest BCUT2D eigenvalue weighted by Crippen LogP contribution is -2.00. The lowest BCUT2D eigenvalue weighted by molar-refractivity contribution is 0.790. The molecule has 0 saturated heterocycles. The van der Waals surface area contributed by atoms with Gasteiger partial charge >= 0.3 is 0 Å². The predicted octanol–water partition coefficient (Wildman–Crippen LogP) is 3.90. The molecule has 21 heavy (non-hydrogen) atoms. The summed E-state index contributed by atoms with van der Waals surface area (Å²) in [5, 5.41) is 0. The highest BCUT2D eigenvalue weighted by atomic mass is 15.0. The molecule has 104 valence electrons. The van der Waals surface area contributed by atoms with Gasteiger partial charge in [0, 0.05) is 0 Å². The van der Waals surface area contributed by atoms with Crippen molar-refractivity contribution >= 4 is 22.1 Å². The van der Waals surface area contributed by atoms with Crippen LogP contribution in [-0.4, -0.2) is 19.9 Å². The number of aromatic amines is 2. The normalized spacial score (nSPS) is 13.0. The topological polar surface area (TPSA) is 57.4 Å². The Morgan fingerprint density at radius 3 is 2.38 bits per heavy atom. The van der Waals surface area contributed by atoms with Crippen molar-refractivity contribution in [3.05, 3.63) is 59.7 Å². The molecule has 2 aromatic heterocycles. The Kier molecular flexibility index (Phi) is 2.57. The van der Waals surface area contributed by atoms with Crippen molar-refractivity contribution in [1.29, 1.82) is 0 Å². The zero-order chi connectivity index (χ0) is 14.4. The number of benzene rings is 2. The first-order valence-electron chi connectivity index (χ1n) is 7.12. The number of hydrogen-bond acceptors (Lipinski definition) is 2. The van der Waals surface area contributed by atoms with Crippen molar-refractivity contribution in [1.82, 2.24) is 19.9 Å². The first kappa shape index (κ1) is 12.1. The molecule has 0 fully saturated rings. The highest BCUT2D eigenvalue weighted by Gasteiger charge is 2.17. The molecule has 0 radical (unpaired) electrons. The van der Waals surface area contributed by atoms with Crippen LogP contribution < -0.4 is 0 Å². The van der Waals surface area contributed by atoms with Gasteiger partial charge in [-0.05, 0) is 37.6 Å². The highest BCUT2D eigenvalue weighted by molar-refractivity contribution is 5.79. The number of fused-ring (bicyclic) bond motifs is 2. The second-order valence-corrected chi connectivity index (χ2v) is 5.45. The zero-order valence-electron chi connectivity index (χ0n) is 12.0. The average molecular weight is 276 g/mol. The maximum Gasteiger partial charge on any atom is 0.117 e. The van der Waals surface area contributed by atoms with Crippen LogP contribution in [0.4, 0.5) is 0 Å². The van der Waals surface area contributed by atoms with Gasteiger partial charge in [0.25, 0.3) is 0 Å². The van der Waals surface area contributed by atoms with E-state index in [1.807, 2.05) is 30.3 Å². The SMILES string of the molecule is Cc1cccc2[nH]c(C(C)c3nc4ccccc4[nH]3)nc12. The van der Waals surface area contributed by atoms with Gasteiger partial charge in [-0.3, -0.25) is 0 Å². The summed E-state index contributed by atoms with van der Waals surface area (Å²) >= 11 is 0. The van der Waals surface area contributed by atoms with Crippen LogP contribution in [0.3, 0.4) is 0 Å². The van der Waals surface area contributed by atoms with E-state index in [-0.39, 0.29) is 5.92 Å². The molecule has 0 bridgehead atoms. The summed E-state index contributed by atoms with van der Waals surface area (Å²) in [6.07, 6.45) is 0. The summed E-state index contributed by atoms with van der Waals surface area (Å²) < 4.78 is 0. The minimum atomic E-state index is 0.101. The standard InChI is InChI=1S/C17H16N4/c1-10-6-5-9-14-15(10)21-17(20-14)11(2)16-18-12-7-3-4-8-13(12)19-16/h3-9,11H,1-2H3,(H,18,19)(H,20,21). The molecule has 0 saturated carbocycles. The zero-order valence-corrected chi connectivity index (χ0v) is 12.0. The Balaban J connectivity index is 1.81. The van der Waals surface area contributed by atoms with Crippen LogP contribution in [-0.2, 0) is 0 Å². The fraction of sp³-hybridized carbons (Fsp3) is 0.176. The minimum Gasteiger partial charge on any atom is -0.341 e. The molecule has 0 aliphatic heterocycles. The fourth-order valence-electron chi connectivity index (χ4n) is 2.71. The van der Waals surface area contributed by atoms with Crippen LogP contribution in [0.25, 0.3) is 22.1 Å². The molecule has 1 unspecified atom stereocenters. The Morgan fingerprint density at radius 2 is 1.57 bits per heavy atom. The quantitative estimate of drug-likeness (QED) is 0.583. The van der Waals surface area contributed by atoms with E-state index < -0.39 is 0 Å². The highest BCUT2D eigenvalue weighted by Crippen LogP contribution is 2.25. The van der Waals surface area contributed by atoms with Crippen LogP contribution in [0.1, 0.15) is 30.1 Å². The van der Waals surface area contributed by atoms with Crippen LogP contribution in [0.2, 0.25) is 0 Å². The molecule has 2 aromatic carbocycles. The van der Waals surface area contributed by atoms with Crippen molar-refractivity contribution in [2.75, 3.05) is 0 Å². The van der Waals surface area contributed by atoms with Gasteiger partial charge in [0.05, 0.1) is 28.0 Å². The molecule has 4 aromatic rings. The molecule has 0 aliphatic carbocycles. The summed E-state index contributed by atoms with van der Waals surface area (Å²) in [6.45, 7) is 4.20. The summed E-state index contributed by atoms with van der Waals surface area (Å²) in [4.78, 5) is 16.2. The van der Waals surface area contributed by atoms with E-state index in [4.69, 9.17) is 4.98 Å². The predicted molar refractivity (Wildman–Crippen MR) is 84.4 cm³/mol. The summed E-state index contributed by atoms with van der Waals surface area (Å²) in [6, 6.07) is 14.3. The van der Waals surface area contributed by atoms with Gasteiger partial charge in [-0.1, -0.05) is 24.3 Å². The molecule has 2 N–H and O–H groups in total. The van der Waals surface area contributed by atoms with E-state index in [2.05, 4.69) is 40.9 Å². The van der Waals surface area contributed by atoms with Crippen LogP contribution >= 0.6 is 0 Å². The molecule has 4 nitrogen and oxygen atoms in total. The molecule has 4 rings (SSSR count). The van der Waals surface area contributed by atoms with Gasteiger partial charge in [0.1, 0.15) is 11.6 Å². The van der Waals surface area contributed by atoms with E-state index in [0.29, 0.717) is 0 Å². The van der Waals surface area contributed by atoms with Crippen LogP contribution in [0.15, 0.2) is 42.5 Å². The third kappa shape index (κ3) is 1.91. The summed E-state index contributed by atoms with van der Waals surface area (Å²) in [5.41, 5.74) is 5.36. The Morgan fingerprint density at radius 1 is 0.857 bits per heavy atom. The van der Waals surface area contributed by atoms with Gasteiger partial charge < -0.3 is 9.97 Å². The largest absolute Gasteiger partial charge is 0.341 e. The molecule has 4 heteroatoms. The monoisotopic (exact) mass is 276 g/mol. The smallest absolute Gasteiger partial charge is 0.117 e. The van der Waals surface area contributed by atoms with Gasteiger partial charge in [0.2, 0.25) is 0 Å². The number of nitrogens with zero attached hydrogens (tertiary/aromatic N) is 2. The number of nitrogens with one attached hydrogen (secondary N) is 2. The van der Waals surface area contributed by atoms with E-state index in [9.17, 15) is 0 Å². The third-order valence-electron chi connectivity index (χ3n) is 3.96. The second kappa shape index (κ2) is 4.45. The minimum absolute atomic E-state index is 0.101. The van der Waals surface area contributed by atoms with Crippen LogP contribution in [0, 0.1) is 6.92 Å². The molecule has 0 amide bonds. The van der Waals surface area contributed by atoms with Crippen molar-refractivity contribution < 1.29 is 0 Å². The third-order valence-corrected chi connectivity index (χ3v) is 3.96. The summed E-state index contributed by atoms with van der Waals surface area (Å²) in [5.74, 6) is 1.98. The molecule has 0 spiro atoms. The molecule has 0 aliphatic rings. The van der Waals surface area contributed by atoms with E-state index in [0.717, 1.165) is 33.7 Å². The maximum absolute atomic E-state index is 4.74. The van der Waals surface area contributed by atoms with Crippen LogP contribution in [0.5, 0.6) is 0 Å². The molecule has 1 atom stereocenters. The first-order chi connectivity index (χ1) is 10.2. The molecule has 2 heterocycles. The number of aromatic nitrogens is 4. The summed E-state index contributed by atoms with van der Waals surface area (Å²) in [7, 11) is 0. The number of aryl methyl sites for hydroxylation is 1. The molecular weight excluding hydrogens is 260 g/mol. The first-order valence-corrected chi connectivity index (χ1v) is 7.12. The number of H-pyrrole nitrogens is 2.